The SMILES string of the molecule is CCCCc1cc[n+](CCOC(=O)Nc2ccc(N=C=O)cc2)cc1. The summed E-state index contributed by atoms with van der Waals surface area (Å²) in [6.07, 6.45) is 8.40. The first-order chi connectivity index (χ1) is 12.2. The van der Waals surface area contributed by atoms with Crippen LogP contribution in [0.25, 0.3) is 0 Å². The number of ether oxygens (including phenoxy) is 1. The molecule has 1 aromatic carbocycles. The molecule has 2 rings (SSSR count). The number of aryl methyl sites for hydroxylation is 1. The van der Waals surface area contributed by atoms with Gasteiger partial charge >= 0.3 is 6.09 Å². The van der Waals surface area contributed by atoms with E-state index in [1.165, 1.54) is 24.5 Å². The fourth-order valence-corrected chi connectivity index (χ4v) is 2.25. The van der Waals surface area contributed by atoms with Gasteiger partial charge in [-0.15, -0.1) is 0 Å². The molecule has 1 N–H and O–H groups in total. The number of aromatic nitrogens is 1. The molecule has 0 aliphatic rings. The molecule has 25 heavy (non-hydrogen) atoms. The molecule has 0 spiro atoms. The molecule has 0 unspecified atom stereocenters. The largest absolute Gasteiger partial charge is 0.443 e. The summed E-state index contributed by atoms with van der Waals surface area (Å²) in [5, 5.41) is 2.62. The van der Waals surface area contributed by atoms with Crippen LogP contribution in [0.4, 0.5) is 16.2 Å². The van der Waals surface area contributed by atoms with E-state index in [1.54, 1.807) is 24.3 Å². The van der Waals surface area contributed by atoms with E-state index in [-0.39, 0.29) is 6.61 Å². The first-order valence-electron chi connectivity index (χ1n) is 8.31. The topological polar surface area (TPSA) is 71.6 Å². The third-order valence-electron chi connectivity index (χ3n) is 3.65. The number of nitrogens with zero attached hydrogens (tertiary/aromatic N) is 2. The number of hydrogen-bond acceptors (Lipinski definition) is 4. The molecule has 0 fully saturated rings. The summed E-state index contributed by atoms with van der Waals surface area (Å²) in [4.78, 5) is 25.4. The predicted octanol–water partition coefficient (Wildman–Crippen LogP) is 3.53. The van der Waals surface area contributed by atoms with Crippen LogP contribution >= 0.6 is 0 Å². The van der Waals surface area contributed by atoms with E-state index in [0.29, 0.717) is 17.9 Å². The van der Waals surface area contributed by atoms with Crippen molar-refractivity contribution in [1.29, 1.82) is 0 Å². The van der Waals surface area contributed by atoms with E-state index < -0.39 is 6.09 Å². The fourth-order valence-electron chi connectivity index (χ4n) is 2.25. The quantitative estimate of drug-likeness (QED) is 0.454. The summed E-state index contributed by atoms with van der Waals surface area (Å²) >= 11 is 0. The summed E-state index contributed by atoms with van der Waals surface area (Å²) < 4.78 is 7.15. The highest BCUT2D eigenvalue weighted by atomic mass is 16.5. The molecule has 130 valence electrons. The molecular formula is C19H22N3O3+. The van der Waals surface area contributed by atoms with Gasteiger partial charge in [0.1, 0.15) is 0 Å². The van der Waals surface area contributed by atoms with Gasteiger partial charge in [0.2, 0.25) is 6.08 Å². The number of pyridine rings is 1. The summed E-state index contributed by atoms with van der Waals surface area (Å²) in [5.41, 5.74) is 2.37. The third-order valence-corrected chi connectivity index (χ3v) is 3.65. The van der Waals surface area contributed by atoms with E-state index in [2.05, 4.69) is 29.4 Å². The summed E-state index contributed by atoms with van der Waals surface area (Å²) in [5.74, 6) is 0. The zero-order chi connectivity index (χ0) is 17.9. The molecule has 2 aromatic rings. The molecule has 0 radical (unpaired) electrons. The Morgan fingerprint density at radius 2 is 1.92 bits per heavy atom. The third kappa shape index (κ3) is 6.57. The van der Waals surface area contributed by atoms with Crippen molar-refractivity contribution in [3.63, 3.8) is 0 Å². The second-order valence-corrected chi connectivity index (χ2v) is 5.56. The van der Waals surface area contributed by atoms with Crippen LogP contribution in [0.15, 0.2) is 53.8 Å². The lowest BCUT2D eigenvalue weighted by Gasteiger charge is -2.06. The van der Waals surface area contributed by atoms with Crippen LogP contribution in [-0.4, -0.2) is 18.8 Å². The van der Waals surface area contributed by atoms with Crippen LogP contribution < -0.4 is 9.88 Å². The van der Waals surface area contributed by atoms with Gasteiger partial charge in [-0.25, -0.2) is 14.2 Å². The lowest BCUT2D eigenvalue weighted by Crippen LogP contribution is -2.36. The van der Waals surface area contributed by atoms with Crippen molar-refractivity contribution in [3.05, 3.63) is 54.4 Å². The lowest BCUT2D eigenvalue weighted by atomic mass is 10.1. The Hall–Kier alpha value is -2.98. The van der Waals surface area contributed by atoms with E-state index >= 15 is 0 Å². The number of amides is 1. The Labute approximate surface area is 147 Å². The average Bonchev–Trinajstić information content (AvgIpc) is 2.63. The van der Waals surface area contributed by atoms with Gasteiger partial charge in [-0.2, -0.15) is 4.99 Å². The van der Waals surface area contributed by atoms with Crippen LogP contribution in [0.5, 0.6) is 0 Å². The van der Waals surface area contributed by atoms with Crippen molar-refractivity contribution < 1.29 is 18.9 Å². The number of carbonyl (C=O) groups excluding carboxylic acids is 2. The molecule has 6 heteroatoms. The number of hydrogen-bond donors (Lipinski definition) is 1. The highest BCUT2D eigenvalue weighted by molar-refractivity contribution is 5.84. The van der Waals surface area contributed by atoms with E-state index in [9.17, 15) is 9.59 Å². The zero-order valence-corrected chi connectivity index (χ0v) is 14.3. The van der Waals surface area contributed by atoms with Crippen molar-refractivity contribution in [2.24, 2.45) is 4.99 Å². The molecule has 1 aromatic heterocycles. The Morgan fingerprint density at radius 3 is 2.56 bits per heavy atom. The summed E-state index contributed by atoms with van der Waals surface area (Å²) in [6, 6.07) is 10.7. The first-order valence-corrected chi connectivity index (χ1v) is 8.31. The second kappa shape index (κ2) is 10.0. The second-order valence-electron chi connectivity index (χ2n) is 5.56. The highest BCUT2D eigenvalue weighted by Crippen LogP contribution is 2.15. The number of rotatable bonds is 8. The molecule has 0 aliphatic heterocycles. The van der Waals surface area contributed by atoms with Crippen LogP contribution in [0.2, 0.25) is 0 Å². The van der Waals surface area contributed by atoms with Crippen molar-refractivity contribution in [3.8, 4) is 0 Å². The number of benzene rings is 1. The van der Waals surface area contributed by atoms with Crippen LogP contribution in [0.3, 0.4) is 0 Å². The minimum atomic E-state index is -0.521. The van der Waals surface area contributed by atoms with Crippen molar-refractivity contribution >= 4 is 23.5 Å². The van der Waals surface area contributed by atoms with Gasteiger partial charge < -0.3 is 4.74 Å². The smallest absolute Gasteiger partial charge is 0.411 e. The van der Waals surface area contributed by atoms with Crippen molar-refractivity contribution in [1.82, 2.24) is 0 Å². The van der Waals surface area contributed by atoms with E-state index in [4.69, 9.17) is 4.74 Å². The normalized spacial score (nSPS) is 9.96. The van der Waals surface area contributed by atoms with Gasteiger partial charge in [0.15, 0.2) is 25.5 Å². The monoisotopic (exact) mass is 340 g/mol. The van der Waals surface area contributed by atoms with Gasteiger partial charge in [0.25, 0.3) is 0 Å². The lowest BCUT2D eigenvalue weighted by molar-refractivity contribution is -0.697. The maximum Gasteiger partial charge on any atom is 0.411 e. The maximum atomic E-state index is 11.8. The highest BCUT2D eigenvalue weighted by Gasteiger charge is 2.06. The molecule has 0 aliphatic carbocycles. The molecule has 1 heterocycles. The molecule has 0 atom stereocenters. The molecular weight excluding hydrogens is 318 g/mol. The van der Waals surface area contributed by atoms with Crippen molar-refractivity contribution in [2.45, 2.75) is 32.7 Å². The van der Waals surface area contributed by atoms with Crippen LogP contribution in [0.1, 0.15) is 25.3 Å². The first kappa shape index (κ1) is 18.4. The average molecular weight is 340 g/mol. The van der Waals surface area contributed by atoms with E-state index in [1.807, 2.05) is 17.0 Å². The molecule has 6 nitrogen and oxygen atoms in total. The number of carbonyl (C=O) groups is 1. The Bertz CT molecular complexity index is 721. The summed E-state index contributed by atoms with van der Waals surface area (Å²) in [7, 11) is 0. The number of nitrogens with one attached hydrogen (secondary N) is 1. The Morgan fingerprint density at radius 1 is 1.20 bits per heavy atom. The summed E-state index contributed by atoms with van der Waals surface area (Å²) in [6.45, 7) is 3.05. The fraction of sp³-hybridized carbons (Fsp3) is 0.316. The van der Waals surface area contributed by atoms with E-state index in [0.717, 1.165) is 6.42 Å². The standard InChI is InChI=1S/C19H21N3O3/c1-2-3-4-16-9-11-22(12-10-16)13-14-25-19(24)21-18-7-5-17(6-8-18)20-15-23/h5-12H,2-4,13-14H2,1H3/p+1. The Balaban J connectivity index is 1.73. The van der Waals surface area contributed by atoms with Gasteiger partial charge in [0, 0.05) is 17.8 Å². The number of unbranched alkanes of at least 4 members (excludes halogenated alkanes) is 1. The molecule has 0 saturated heterocycles. The Kier molecular flexibility index (Phi) is 7.35. The molecule has 0 saturated carbocycles. The number of isocyanates is 1. The molecule has 0 bridgehead atoms. The van der Waals surface area contributed by atoms with Crippen LogP contribution in [-0.2, 0) is 22.5 Å². The van der Waals surface area contributed by atoms with Crippen molar-refractivity contribution in [2.75, 3.05) is 11.9 Å². The van der Waals surface area contributed by atoms with Gasteiger partial charge in [0.05, 0.1) is 5.69 Å². The minimum Gasteiger partial charge on any atom is -0.443 e. The minimum absolute atomic E-state index is 0.276. The van der Waals surface area contributed by atoms with Gasteiger partial charge in [-0.3, -0.25) is 5.32 Å². The maximum absolute atomic E-state index is 11.8. The number of anilines is 1. The van der Waals surface area contributed by atoms with Gasteiger partial charge in [-0.1, -0.05) is 13.3 Å². The van der Waals surface area contributed by atoms with Crippen LogP contribution in [0, 0.1) is 0 Å². The molecule has 1 amide bonds. The zero-order valence-electron chi connectivity index (χ0n) is 14.3. The van der Waals surface area contributed by atoms with Gasteiger partial charge in [-0.05, 0) is 42.7 Å². The number of aliphatic imine (C=N–C) groups is 1. The predicted molar refractivity (Wildman–Crippen MR) is 94.4 cm³/mol.